The minimum Gasteiger partial charge on any atom is -0.486 e. The maximum absolute atomic E-state index is 5.56. The fourth-order valence-electron chi connectivity index (χ4n) is 1.81. The summed E-state index contributed by atoms with van der Waals surface area (Å²) in [6.07, 6.45) is 3.26. The van der Waals surface area contributed by atoms with Gasteiger partial charge in [0.25, 0.3) is 0 Å². The second kappa shape index (κ2) is 5.44. The molecule has 1 aromatic heterocycles. The molecule has 1 aromatic carbocycles. The zero-order valence-electron chi connectivity index (χ0n) is 10.1. The van der Waals surface area contributed by atoms with Crippen LogP contribution in [0.5, 0.6) is 11.5 Å². The van der Waals surface area contributed by atoms with E-state index in [0.29, 0.717) is 19.8 Å². The normalized spacial score (nSPS) is 13.1. The first-order chi connectivity index (χ1) is 9.33. The first kappa shape index (κ1) is 12.2. The van der Waals surface area contributed by atoms with Gasteiger partial charge in [0.2, 0.25) is 0 Å². The van der Waals surface area contributed by atoms with Crippen molar-refractivity contribution in [3.8, 4) is 11.5 Å². The molecule has 0 saturated carbocycles. The van der Waals surface area contributed by atoms with Gasteiger partial charge in [-0.15, -0.1) is 0 Å². The van der Waals surface area contributed by atoms with Crippen LogP contribution in [0.3, 0.4) is 0 Å². The predicted octanol–water partition coefficient (Wildman–Crippen LogP) is 2.62. The number of rotatable bonds is 3. The van der Waals surface area contributed by atoms with Crippen molar-refractivity contribution in [2.24, 2.45) is 0 Å². The zero-order chi connectivity index (χ0) is 13.1. The molecular formula is C13H12BrN3O2. The number of hydrogen-bond donors (Lipinski definition) is 1. The number of benzene rings is 1. The molecule has 0 saturated heterocycles. The van der Waals surface area contributed by atoms with Gasteiger partial charge in [0.15, 0.2) is 11.5 Å². The van der Waals surface area contributed by atoms with E-state index in [2.05, 4.69) is 31.2 Å². The Morgan fingerprint density at radius 1 is 1.21 bits per heavy atom. The predicted molar refractivity (Wildman–Crippen MR) is 74.5 cm³/mol. The van der Waals surface area contributed by atoms with Crippen molar-refractivity contribution in [3.63, 3.8) is 0 Å². The van der Waals surface area contributed by atoms with Crippen LogP contribution in [-0.2, 0) is 6.54 Å². The summed E-state index contributed by atoms with van der Waals surface area (Å²) in [5.41, 5.74) is 1.87. The molecule has 0 amide bonds. The van der Waals surface area contributed by atoms with Crippen molar-refractivity contribution in [2.75, 3.05) is 18.5 Å². The topological polar surface area (TPSA) is 56.3 Å². The number of anilines is 1. The summed E-state index contributed by atoms with van der Waals surface area (Å²) in [4.78, 5) is 8.06. The van der Waals surface area contributed by atoms with Gasteiger partial charge in [0.1, 0.15) is 19.5 Å². The van der Waals surface area contributed by atoms with Crippen molar-refractivity contribution in [1.29, 1.82) is 0 Å². The Bertz CT molecular complexity index is 578. The zero-order valence-corrected chi connectivity index (χ0v) is 11.7. The highest BCUT2D eigenvalue weighted by atomic mass is 79.9. The second-order valence-electron chi connectivity index (χ2n) is 4.03. The van der Waals surface area contributed by atoms with E-state index in [9.17, 15) is 0 Å². The summed E-state index contributed by atoms with van der Waals surface area (Å²) in [7, 11) is 0. The fraction of sp³-hybridized carbons (Fsp3) is 0.231. The Labute approximate surface area is 119 Å². The average molecular weight is 322 g/mol. The highest BCUT2D eigenvalue weighted by Crippen LogP contribution is 2.38. The highest BCUT2D eigenvalue weighted by molar-refractivity contribution is 9.10. The lowest BCUT2D eigenvalue weighted by molar-refractivity contribution is 0.171. The summed E-state index contributed by atoms with van der Waals surface area (Å²) in [6, 6.07) is 5.72. The molecule has 0 bridgehead atoms. The quantitative estimate of drug-likeness (QED) is 0.941. The van der Waals surface area contributed by atoms with Gasteiger partial charge in [-0.2, -0.15) is 0 Å². The molecule has 3 rings (SSSR count). The van der Waals surface area contributed by atoms with Gasteiger partial charge in [-0.25, -0.2) is 9.97 Å². The highest BCUT2D eigenvalue weighted by Gasteiger charge is 2.14. The summed E-state index contributed by atoms with van der Waals surface area (Å²) in [6.45, 7) is 1.80. The average Bonchev–Trinajstić information content (AvgIpc) is 2.46. The first-order valence-electron chi connectivity index (χ1n) is 5.91. The molecule has 0 aliphatic carbocycles. The van der Waals surface area contributed by atoms with E-state index in [1.807, 2.05) is 18.2 Å². The molecule has 0 spiro atoms. The van der Waals surface area contributed by atoms with Crippen molar-refractivity contribution in [1.82, 2.24) is 9.97 Å². The molecule has 2 aromatic rings. The van der Waals surface area contributed by atoms with E-state index < -0.39 is 0 Å². The van der Waals surface area contributed by atoms with Gasteiger partial charge in [-0.3, -0.25) is 0 Å². The van der Waals surface area contributed by atoms with Gasteiger partial charge in [0.05, 0.1) is 17.9 Å². The lowest BCUT2D eigenvalue weighted by Gasteiger charge is -2.20. The van der Waals surface area contributed by atoms with Gasteiger partial charge < -0.3 is 14.8 Å². The third-order valence-electron chi connectivity index (χ3n) is 2.74. The summed E-state index contributed by atoms with van der Waals surface area (Å²) < 4.78 is 12.0. The smallest absolute Gasteiger partial charge is 0.163 e. The molecule has 0 radical (unpaired) electrons. The molecule has 1 aliphatic heterocycles. The SMILES string of the molecule is Brc1cc2c(cc1NCc1ccncn1)OCCO2. The van der Waals surface area contributed by atoms with Crippen LogP contribution in [0.2, 0.25) is 0 Å². The third kappa shape index (κ3) is 2.78. The molecule has 5 nitrogen and oxygen atoms in total. The van der Waals surface area contributed by atoms with Crippen molar-refractivity contribution in [2.45, 2.75) is 6.54 Å². The van der Waals surface area contributed by atoms with Crippen molar-refractivity contribution in [3.05, 3.63) is 40.9 Å². The number of halogens is 1. The summed E-state index contributed by atoms with van der Waals surface area (Å²) in [5.74, 6) is 1.53. The summed E-state index contributed by atoms with van der Waals surface area (Å²) in [5, 5.41) is 3.31. The second-order valence-corrected chi connectivity index (χ2v) is 4.88. The lowest BCUT2D eigenvalue weighted by Crippen LogP contribution is -2.15. The molecule has 98 valence electrons. The number of nitrogens with zero attached hydrogens (tertiary/aromatic N) is 2. The largest absolute Gasteiger partial charge is 0.486 e. The Morgan fingerprint density at radius 3 is 2.74 bits per heavy atom. The number of hydrogen-bond acceptors (Lipinski definition) is 5. The number of fused-ring (bicyclic) bond motifs is 1. The van der Waals surface area contributed by atoms with Crippen LogP contribution in [-0.4, -0.2) is 23.2 Å². The monoisotopic (exact) mass is 321 g/mol. The molecule has 2 heterocycles. The van der Waals surface area contributed by atoms with E-state index in [1.165, 1.54) is 6.33 Å². The van der Waals surface area contributed by atoms with Gasteiger partial charge in [-0.1, -0.05) is 0 Å². The van der Waals surface area contributed by atoms with Crippen LogP contribution in [0.1, 0.15) is 5.69 Å². The molecule has 0 unspecified atom stereocenters. The molecule has 19 heavy (non-hydrogen) atoms. The van der Waals surface area contributed by atoms with Gasteiger partial charge in [0, 0.05) is 22.8 Å². The van der Waals surface area contributed by atoms with E-state index in [1.54, 1.807) is 6.20 Å². The van der Waals surface area contributed by atoms with Crippen LogP contribution < -0.4 is 14.8 Å². The third-order valence-corrected chi connectivity index (χ3v) is 3.39. The number of ether oxygens (including phenoxy) is 2. The van der Waals surface area contributed by atoms with Crippen molar-refractivity contribution >= 4 is 21.6 Å². The Kier molecular flexibility index (Phi) is 3.50. The Morgan fingerprint density at radius 2 is 2.00 bits per heavy atom. The summed E-state index contributed by atoms with van der Waals surface area (Å²) >= 11 is 3.52. The molecule has 0 fully saturated rings. The number of nitrogens with one attached hydrogen (secondary N) is 1. The molecular weight excluding hydrogens is 310 g/mol. The van der Waals surface area contributed by atoms with E-state index in [-0.39, 0.29) is 0 Å². The van der Waals surface area contributed by atoms with Crippen LogP contribution >= 0.6 is 15.9 Å². The number of aromatic nitrogens is 2. The van der Waals surface area contributed by atoms with Gasteiger partial charge in [-0.05, 0) is 22.0 Å². The van der Waals surface area contributed by atoms with Crippen LogP contribution in [0.4, 0.5) is 5.69 Å². The molecule has 0 atom stereocenters. The molecule has 1 N–H and O–H groups in total. The van der Waals surface area contributed by atoms with E-state index in [0.717, 1.165) is 27.4 Å². The maximum atomic E-state index is 5.56. The maximum Gasteiger partial charge on any atom is 0.163 e. The molecule has 6 heteroatoms. The van der Waals surface area contributed by atoms with Gasteiger partial charge >= 0.3 is 0 Å². The Balaban J connectivity index is 1.77. The standard InChI is InChI=1S/C13H12BrN3O2/c14-10-5-12-13(19-4-3-18-12)6-11(10)16-7-9-1-2-15-8-17-9/h1-2,5-6,8,16H,3-4,7H2. The van der Waals surface area contributed by atoms with E-state index in [4.69, 9.17) is 9.47 Å². The van der Waals surface area contributed by atoms with Crippen molar-refractivity contribution < 1.29 is 9.47 Å². The van der Waals surface area contributed by atoms with Crippen LogP contribution in [0.25, 0.3) is 0 Å². The Hall–Kier alpha value is -1.82. The fourth-order valence-corrected chi connectivity index (χ4v) is 2.27. The van der Waals surface area contributed by atoms with E-state index >= 15 is 0 Å². The van der Waals surface area contributed by atoms with Crippen LogP contribution in [0.15, 0.2) is 35.2 Å². The minimum atomic E-state index is 0.583. The molecule has 1 aliphatic rings. The van der Waals surface area contributed by atoms with Crippen LogP contribution in [0, 0.1) is 0 Å². The lowest BCUT2D eigenvalue weighted by atomic mass is 10.2. The first-order valence-corrected chi connectivity index (χ1v) is 6.70. The minimum absolute atomic E-state index is 0.583.